The van der Waals surface area contributed by atoms with Crippen LogP contribution in [0.25, 0.3) is 0 Å². The molecule has 0 spiro atoms. The van der Waals surface area contributed by atoms with Crippen LogP contribution in [0.1, 0.15) is 43.2 Å². The lowest BCUT2D eigenvalue weighted by Gasteiger charge is -2.26. The molecular weight excluding hydrogens is 428 g/mol. The van der Waals surface area contributed by atoms with E-state index in [4.69, 9.17) is 0 Å². The molecule has 3 rings (SSSR count). The SMILES string of the molecule is Cc1ccc(N(CC(=O)NCCSC2CCCCC2)S(=O)(=O)c2ccccc2)c(C)c1. The summed E-state index contributed by atoms with van der Waals surface area (Å²) in [5.41, 5.74) is 2.39. The van der Waals surface area contributed by atoms with Crippen LogP contribution in [0.15, 0.2) is 53.4 Å². The van der Waals surface area contributed by atoms with Crippen LogP contribution >= 0.6 is 11.8 Å². The Morgan fingerprint density at radius 2 is 1.77 bits per heavy atom. The monoisotopic (exact) mass is 460 g/mol. The van der Waals surface area contributed by atoms with Crippen molar-refractivity contribution in [3.05, 3.63) is 59.7 Å². The van der Waals surface area contributed by atoms with Crippen molar-refractivity contribution in [2.75, 3.05) is 23.1 Å². The normalized spacial score (nSPS) is 14.9. The third kappa shape index (κ3) is 6.50. The fourth-order valence-corrected chi connectivity index (χ4v) is 6.67. The fraction of sp³-hybridized carbons (Fsp3) is 0.458. The van der Waals surface area contributed by atoms with Gasteiger partial charge < -0.3 is 5.32 Å². The zero-order chi connectivity index (χ0) is 22.3. The van der Waals surface area contributed by atoms with Crippen molar-refractivity contribution in [2.45, 2.75) is 56.1 Å². The first kappa shape index (κ1) is 23.7. The van der Waals surface area contributed by atoms with E-state index in [1.54, 1.807) is 36.4 Å². The minimum absolute atomic E-state index is 0.177. The Balaban J connectivity index is 1.70. The number of rotatable bonds is 9. The van der Waals surface area contributed by atoms with Crippen LogP contribution in [-0.2, 0) is 14.8 Å². The Kier molecular flexibility index (Phi) is 8.43. The van der Waals surface area contributed by atoms with Crippen LogP contribution in [0.2, 0.25) is 0 Å². The van der Waals surface area contributed by atoms with E-state index in [0.29, 0.717) is 17.5 Å². The lowest BCUT2D eigenvalue weighted by molar-refractivity contribution is -0.119. The van der Waals surface area contributed by atoms with E-state index in [1.807, 2.05) is 37.7 Å². The maximum Gasteiger partial charge on any atom is 0.264 e. The molecule has 1 N–H and O–H groups in total. The summed E-state index contributed by atoms with van der Waals surface area (Å²) in [7, 11) is -3.86. The number of nitrogens with zero attached hydrogens (tertiary/aromatic N) is 1. The Hall–Kier alpha value is -1.99. The first-order chi connectivity index (χ1) is 14.9. The lowest BCUT2D eigenvalue weighted by Crippen LogP contribution is -2.41. The summed E-state index contributed by atoms with van der Waals surface area (Å²) in [4.78, 5) is 12.9. The number of anilines is 1. The number of sulfonamides is 1. The van der Waals surface area contributed by atoms with E-state index >= 15 is 0 Å². The topological polar surface area (TPSA) is 66.5 Å². The van der Waals surface area contributed by atoms with E-state index in [-0.39, 0.29) is 17.3 Å². The van der Waals surface area contributed by atoms with Gasteiger partial charge in [-0.05, 0) is 50.5 Å². The van der Waals surface area contributed by atoms with Gasteiger partial charge in [0.05, 0.1) is 10.6 Å². The number of benzene rings is 2. The van der Waals surface area contributed by atoms with Crippen molar-refractivity contribution in [1.29, 1.82) is 0 Å². The second-order valence-corrected chi connectivity index (χ2v) is 11.4. The minimum Gasteiger partial charge on any atom is -0.354 e. The van der Waals surface area contributed by atoms with Gasteiger partial charge in [0.15, 0.2) is 0 Å². The molecule has 1 fully saturated rings. The molecule has 0 radical (unpaired) electrons. The highest BCUT2D eigenvalue weighted by Crippen LogP contribution is 2.28. The van der Waals surface area contributed by atoms with Gasteiger partial charge in [-0.25, -0.2) is 8.42 Å². The molecule has 5 nitrogen and oxygen atoms in total. The summed E-state index contributed by atoms with van der Waals surface area (Å²) < 4.78 is 28.0. The van der Waals surface area contributed by atoms with Crippen LogP contribution in [0.5, 0.6) is 0 Å². The molecule has 1 aliphatic carbocycles. The van der Waals surface area contributed by atoms with Crippen molar-refractivity contribution in [1.82, 2.24) is 5.32 Å². The summed E-state index contributed by atoms with van der Waals surface area (Å²) in [6.45, 7) is 4.14. The molecule has 2 aromatic rings. The Labute approximate surface area is 190 Å². The van der Waals surface area contributed by atoms with Gasteiger partial charge in [-0.15, -0.1) is 0 Å². The van der Waals surface area contributed by atoms with Gasteiger partial charge in [0.25, 0.3) is 10.0 Å². The number of hydrogen-bond donors (Lipinski definition) is 1. The fourth-order valence-electron chi connectivity index (χ4n) is 3.94. The van der Waals surface area contributed by atoms with E-state index in [0.717, 1.165) is 16.9 Å². The van der Waals surface area contributed by atoms with Crippen LogP contribution in [0, 0.1) is 13.8 Å². The van der Waals surface area contributed by atoms with Crippen LogP contribution in [0.4, 0.5) is 5.69 Å². The Morgan fingerprint density at radius 1 is 1.06 bits per heavy atom. The average Bonchev–Trinajstić information content (AvgIpc) is 2.77. The highest BCUT2D eigenvalue weighted by molar-refractivity contribution is 7.99. The zero-order valence-corrected chi connectivity index (χ0v) is 20.0. The van der Waals surface area contributed by atoms with Crippen LogP contribution < -0.4 is 9.62 Å². The third-order valence-electron chi connectivity index (χ3n) is 5.57. The Morgan fingerprint density at radius 3 is 2.45 bits per heavy atom. The van der Waals surface area contributed by atoms with Crippen molar-refractivity contribution < 1.29 is 13.2 Å². The number of amides is 1. The molecule has 1 aliphatic rings. The number of thioether (sulfide) groups is 1. The number of hydrogen-bond acceptors (Lipinski definition) is 4. The van der Waals surface area contributed by atoms with Gasteiger partial charge in [0.2, 0.25) is 5.91 Å². The predicted molar refractivity (Wildman–Crippen MR) is 129 cm³/mol. The van der Waals surface area contributed by atoms with Gasteiger partial charge in [-0.3, -0.25) is 9.10 Å². The van der Waals surface area contributed by atoms with Crippen molar-refractivity contribution in [3.63, 3.8) is 0 Å². The molecule has 2 aromatic carbocycles. The quantitative estimate of drug-likeness (QED) is 0.552. The van der Waals surface area contributed by atoms with Gasteiger partial charge in [0.1, 0.15) is 6.54 Å². The molecule has 0 bridgehead atoms. The molecule has 0 atom stereocenters. The Bertz CT molecular complexity index is 972. The molecular formula is C24H32N2O3S2. The second kappa shape index (κ2) is 11.0. The standard InChI is InChI=1S/C24H32N2O3S2/c1-19-13-14-23(20(2)17-19)26(31(28,29)22-11-7-4-8-12-22)18-24(27)25-15-16-30-21-9-5-3-6-10-21/h4,7-8,11-14,17,21H,3,5-6,9-10,15-16,18H2,1-2H3,(H,25,27). The molecule has 7 heteroatoms. The molecule has 31 heavy (non-hydrogen) atoms. The van der Waals surface area contributed by atoms with E-state index in [2.05, 4.69) is 5.32 Å². The second-order valence-electron chi connectivity index (χ2n) is 8.10. The van der Waals surface area contributed by atoms with Crippen molar-refractivity contribution in [2.24, 2.45) is 0 Å². The summed E-state index contributed by atoms with van der Waals surface area (Å²) in [5, 5.41) is 3.60. The molecule has 0 unspecified atom stereocenters. The molecule has 1 saturated carbocycles. The van der Waals surface area contributed by atoms with Gasteiger partial charge in [0, 0.05) is 17.5 Å². The third-order valence-corrected chi connectivity index (χ3v) is 8.73. The van der Waals surface area contributed by atoms with Gasteiger partial charge in [-0.1, -0.05) is 55.2 Å². The maximum atomic E-state index is 13.4. The van der Waals surface area contributed by atoms with Gasteiger partial charge >= 0.3 is 0 Å². The van der Waals surface area contributed by atoms with E-state index in [1.165, 1.54) is 36.4 Å². The van der Waals surface area contributed by atoms with Crippen molar-refractivity contribution in [3.8, 4) is 0 Å². The first-order valence-corrected chi connectivity index (χ1v) is 13.4. The molecule has 0 aromatic heterocycles. The van der Waals surface area contributed by atoms with E-state index < -0.39 is 10.0 Å². The van der Waals surface area contributed by atoms with Crippen LogP contribution in [0.3, 0.4) is 0 Å². The molecule has 0 heterocycles. The highest BCUT2D eigenvalue weighted by Gasteiger charge is 2.28. The highest BCUT2D eigenvalue weighted by atomic mass is 32.2. The molecule has 0 aliphatic heterocycles. The minimum atomic E-state index is -3.86. The maximum absolute atomic E-state index is 13.4. The summed E-state index contributed by atoms with van der Waals surface area (Å²) in [5.74, 6) is 0.564. The smallest absolute Gasteiger partial charge is 0.264 e. The summed E-state index contributed by atoms with van der Waals surface area (Å²) in [6, 6.07) is 13.9. The van der Waals surface area contributed by atoms with Crippen LogP contribution in [-0.4, -0.2) is 38.4 Å². The molecule has 1 amide bonds. The zero-order valence-electron chi connectivity index (χ0n) is 18.3. The molecule has 0 saturated heterocycles. The summed E-state index contributed by atoms with van der Waals surface area (Å²) >= 11 is 1.91. The summed E-state index contributed by atoms with van der Waals surface area (Å²) in [6.07, 6.45) is 6.44. The van der Waals surface area contributed by atoms with Gasteiger partial charge in [-0.2, -0.15) is 11.8 Å². The number of carbonyl (C=O) groups excluding carboxylic acids is 1. The number of nitrogens with one attached hydrogen (secondary N) is 1. The lowest BCUT2D eigenvalue weighted by atomic mass is 10.0. The number of carbonyl (C=O) groups is 1. The van der Waals surface area contributed by atoms with E-state index in [9.17, 15) is 13.2 Å². The largest absolute Gasteiger partial charge is 0.354 e. The molecule has 168 valence electrons. The van der Waals surface area contributed by atoms with Crippen molar-refractivity contribution >= 4 is 33.4 Å². The number of aryl methyl sites for hydroxylation is 2. The first-order valence-electron chi connectivity index (χ1n) is 10.9. The average molecular weight is 461 g/mol. The predicted octanol–water partition coefficient (Wildman–Crippen LogP) is 4.68.